The van der Waals surface area contributed by atoms with Crippen LogP contribution in [0, 0.1) is 17.0 Å². The Labute approximate surface area is 162 Å². The number of sulfonamides is 1. The van der Waals surface area contributed by atoms with E-state index in [1.165, 1.54) is 12.1 Å². The number of nitrogens with one attached hydrogen (secondary N) is 3. The lowest BCUT2D eigenvalue weighted by molar-refractivity contribution is -0.128. The van der Waals surface area contributed by atoms with Crippen molar-refractivity contribution in [2.24, 2.45) is 5.41 Å². The zero-order chi connectivity index (χ0) is 20.9. The van der Waals surface area contributed by atoms with Gasteiger partial charge in [0.2, 0.25) is 5.91 Å². The summed E-state index contributed by atoms with van der Waals surface area (Å²) in [7, 11) is -4.00. The molecule has 1 heterocycles. The lowest BCUT2D eigenvalue weighted by Crippen LogP contribution is -2.37. The molecule has 7 nitrogen and oxygen atoms in total. The maximum Gasteiger partial charge on any atom is 0.263 e. The molecule has 1 amide bonds. The summed E-state index contributed by atoms with van der Waals surface area (Å²) in [5.74, 6) is -1.88. The van der Waals surface area contributed by atoms with Gasteiger partial charge in [0.05, 0.1) is 5.69 Å². The Kier molecular flexibility index (Phi) is 6.55. The fourth-order valence-electron chi connectivity index (χ4n) is 2.05. The first-order valence-electron chi connectivity index (χ1n) is 8.45. The van der Waals surface area contributed by atoms with Crippen LogP contribution < -0.4 is 15.4 Å². The van der Waals surface area contributed by atoms with E-state index in [0.717, 1.165) is 24.4 Å². The number of carbonyl (C=O) groups excluding carboxylic acids is 1. The summed E-state index contributed by atoms with van der Waals surface area (Å²) >= 11 is 0. The van der Waals surface area contributed by atoms with Crippen LogP contribution in [-0.4, -0.2) is 32.4 Å². The molecular formula is C18H22F2N4O3S. The lowest BCUT2D eigenvalue weighted by atomic mass is 9.96. The van der Waals surface area contributed by atoms with Crippen LogP contribution in [0.4, 0.5) is 20.3 Å². The number of pyridine rings is 1. The predicted octanol–water partition coefficient (Wildman–Crippen LogP) is 2.73. The Morgan fingerprint density at radius 1 is 1.07 bits per heavy atom. The maximum atomic E-state index is 13.2. The minimum atomic E-state index is -4.00. The minimum Gasteiger partial charge on any atom is -0.368 e. The highest BCUT2D eigenvalue weighted by molar-refractivity contribution is 7.92. The van der Waals surface area contributed by atoms with Crippen LogP contribution >= 0.6 is 0 Å². The molecule has 0 aliphatic heterocycles. The molecule has 0 saturated carbocycles. The summed E-state index contributed by atoms with van der Waals surface area (Å²) in [5.41, 5.74) is -0.579. The minimum absolute atomic E-state index is 0.0768. The van der Waals surface area contributed by atoms with Gasteiger partial charge in [0.1, 0.15) is 10.7 Å². The molecule has 2 rings (SSSR count). The van der Waals surface area contributed by atoms with Crippen molar-refractivity contribution in [2.75, 3.05) is 23.1 Å². The van der Waals surface area contributed by atoms with Gasteiger partial charge >= 0.3 is 0 Å². The van der Waals surface area contributed by atoms with E-state index in [1.54, 1.807) is 0 Å². The summed E-state index contributed by atoms with van der Waals surface area (Å²) in [6.45, 7) is 6.23. The van der Waals surface area contributed by atoms with Crippen LogP contribution in [0.1, 0.15) is 20.8 Å². The highest BCUT2D eigenvalue weighted by Gasteiger charge is 2.20. The van der Waals surface area contributed by atoms with E-state index in [2.05, 4.69) is 20.3 Å². The highest BCUT2D eigenvalue weighted by Crippen LogP contribution is 2.18. The second-order valence-corrected chi connectivity index (χ2v) is 8.73. The van der Waals surface area contributed by atoms with Crippen molar-refractivity contribution in [3.05, 3.63) is 48.2 Å². The number of nitrogens with zero attached hydrogens (tertiary/aromatic N) is 1. The van der Waals surface area contributed by atoms with Crippen molar-refractivity contribution in [3.63, 3.8) is 0 Å². The van der Waals surface area contributed by atoms with Crippen LogP contribution in [0.25, 0.3) is 0 Å². The molecule has 10 heteroatoms. The second-order valence-electron chi connectivity index (χ2n) is 7.05. The zero-order valence-corrected chi connectivity index (χ0v) is 16.5. The molecule has 1 aromatic heterocycles. The fraction of sp³-hybridized carbons (Fsp3) is 0.333. The van der Waals surface area contributed by atoms with Gasteiger partial charge in [-0.15, -0.1) is 0 Å². The number of hydrogen-bond donors (Lipinski definition) is 3. The summed E-state index contributed by atoms with van der Waals surface area (Å²) < 4.78 is 52.9. The van der Waals surface area contributed by atoms with Crippen molar-refractivity contribution >= 4 is 27.4 Å². The number of aromatic nitrogens is 1. The van der Waals surface area contributed by atoms with E-state index in [4.69, 9.17) is 0 Å². The Balaban J connectivity index is 1.93. The molecule has 0 saturated heterocycles. The Hall–Kier alpha value is -2.75. The normalized spacial score (nSPS) is 11.8. The van der Waals surface area contributed by atoms with Gasteiger partial charge in [-0.25, -0.2) is 22.2 Å². The van der Waals surface area contributed by atoms with E-state index in [1.807, 2.05) is 20.8 Å². The number of hydrogen-bond acceptors (Lipinski definition) is 5. The van der Waals surface area contributed by atoms with Crippen molar-refractivity contribution in [1.82, 2.24) is 10.3 Å². The molecule has 0 atom stereocenters. The van der Waals surface area contributed by atoms with Crippen molar-refractivity contribution < 1.29 is 22.0 Å². The third-order valence-electron chi connectivity index (χ3n) is 3.62. The number of anilines is 2. The van der Waals surface area contributed by atoms with E-state index in [0.29, 0.717) is 18.9 Å². The molecule has 0 aliphatic carbocycles. The molecule has 2 aromatic rings. The zero-order valence-electron chi connectivity index (χ0n) is 15.7. The summed E-state index contributed by atoms with van der Waals surface area (Å²) in [4.78, 5) is 15.6. The molecule has 1 aromatic carbocycles. The number of amides is 1. The molecule has 152 valence electrons. The number of carbonyl (C=O) groups is 1. The molecule has 0 unspecified atom stereocenters. The van der Waals surface area contributed by atoms with Crippen molar-refractivity contribution in [1.29, 1.82) is 0 Å². The van der Waals surface area contributed by atoms with E-state index >= 15 is 0 Å². The number of halogens is 2. The van der Waals surface area contributed by atoms with Gasteiger partial charge in [0.25, 0.3) is 10.0 Å². The van der Waals surface area contributed by atoms with Gasteiger partial charge in [-0.2, -0.15) is 0 Å². The molecule has 0 fully saturated rings. The second kappa shape index (κ2) is 8.51. The maximum absolute atomic E-state index is 13.2. The first-order chi connectivity index (χ1) is 13.0. The third kappa shape index (κ3) is 5.88. The number of rotatable bonds is 7. The van der Waals surface area contributed by atoms with Gasteiger partial charge in [0.15, 0.2) is 11.6 Å². The molecule has 0 aliphatic rings. The van der Waals surface area contributed by atoms with E-state index in [-0.39, 0.29) is 16.5 Å². The Morgan fingerprint density at radius 3 is 2.36 bits per heavy atom. The first kappa shape index (κ1) is 21.5. The standard InChI is InChI=1S/C18H22F2N4O3S/c1-18(2,3)17(25)22-9-8-21-16-7-5-13(11-23-16)28(26,27)24-12-4-6-14(19)15(20)10-12/h4-7,10-11,24H,8-9H2,1-3H3,(H,21,23)(H,22,25). The monoisotopic (exact) mass is 412 g/mol. The smallest absolute Gasteiger partial charge is 0.263 e. The summed E-state index contributed by atoms with van der Waals surface area (Å²) in [6.07, 6.45) is 1.14. The molecule has 0 bridgehead atoms. The van der Waals surface area contributed by atoms with Gasteiger partial charge in [-0.3, -0.25) is 9.52 Å². The average molecular weight is 412 g/mol. The quantitative estimate of drug-likeness (QED) is 0.607. The largest absolute Gasteiger partial charge is 0.368 e. The third-order valence-corrected chi connectivity index (χ3v) is 4.98. The van der Waals surface area contributed by atoms with Crippen LogP contribution in [0.2, 0.25) is 0 Å². The molecule has 28 heavy (non-hydrogen) atoms. The SMILES string of the molecule is CC(C)(C)C(=O)NCCNc1ccc(S(=O)(=O)Nc2ccc(F)c(F)c2)cn1. The van der Waals surface area contributed by atoms with Gasteiger partial charge < -0.3 is 10.6 Å². The lowest BCUT2D eigenvalue weighted by Gasteiger charge is -2.17. The Morgan fingerprint density at radius 2 is 1.79 bits per heavy atom. The topological polar surface area (TPSA) is 100 Å². The number of benzene rings is 1. The van der Waals surface area contributed by atoms with Crippen molar-refractivity contribution in [3.8, 4) is 0 Å². The Bertz CT molecular complexity index is 942. The van der Waals surface area contributed by atoms with Crippen LogP contribution in [0.3, 0.4) is 0 Å². The van der Waals surface area contributed by atoms with E-state index in [9.17, 15) is 22.0 Å². The molecule has 0 spiro atoms. The highest BCUT2D eigenvalue weighted by atomic mass is 32.2. The molecule has 3 N–H and O–H groups in total. The van der Waals surface area contributed by atoms with Crippen molar-refractivity contribution in [2.45, 2.75) is 25.7 Å². The average Bonchev–Trinajstić information content (AvgIpc) is 2.61. The first-order valence-corrected chi connectivity index (χ1v) is 9.93. The van der Waals surface area contributed by atoms with Crippen LogP contribution in [0.5, 0.6) is 0 Å². The molecular weight excluding hydrogens is 390 g/mol. The van der Waals surface area contributed by atoms with Crippen LogP contribution in [0.15, 0.2) is 41.4 Å². The molecule has 0 radical (unpaired) electrons. The predicted molar refractivity (Wildman–Crippen MR) is 102 cm³/mol. The summed E-state index contributed by atoms with van der Waals surface area (Å²) in [5, 5.41) is 5.73. The van der Waals surface area contributed by atoms with E-state index < -0.39 is 27.1 Å². The van der Waals surface area contributed by atoms with Gasteiger partial charge in [-0.1, -0.05) is 20.8 Å². The summed E-state index contributed by atoms with van der Waals surface area (Å²) in [6, 6.07) is 5.49. The van der Waals surface area contributed by atoms with Crippen LogP contribution in [-0.2, 0) is 14.8 Å². The van der Waals surface area contributed by atoms with Gasteiger partial charge in [0, 0.05) is 30.8 Å². The fourth-order valence-corrected chi connectivity index (χ4v) is 3.04. The van der Waals surface area contributed by atoms with Gasteiger partial charge in [-0.05, 0) is 24.3 Å².